The normalized spacial score (nSPS) is 14.3. The first kappa shape index (κ1) is 14.0. The second kappa shape index (κ2) is 6.05. The summed E-state index contributed by atoms with van der Waals surface area (Å²) in [4.78, 5) is 3.14. The number of aromatic nitrogens is 1. The lowest BCUT2D eigenvalue weighted by atomic mass is 9.98. The first-order chi connectivity index (χ1) is 7.72. The number of rotatable bonds is 4. The van der Waals surface area contributed by atoms with Crippen molar-refractivity contribution in [3.8, 4) is 0 Å². The van der Waals surface area contributed by atoms with Crippen LogP contribution in [0.4, 0.5) is 0 Å². The Morgan fingerprint density at radius 1 is 1.35 bits per heavy atom. The topological polar surface area (TPSA) is 62.0 Å². The van der Waals surface area contributed by atoms with E-state index in [1.54, 1.807) is 0 Å². The van der Waals surface area contributed by atoms with E-state index >= 15 is 0 Å². The quantitative estimate of drug-likeness (QED) is 0.786. The van der Waals surface area contributed by atoms with E-state index in [9.17, 15) is 5.11 Å². The highest BCUT2D eigenvalue weighted by Crippen LogP contribution is 2.21. The molecule has 4 N–H and O–H groups in total. The van der Waals surface area contributed by atoms with Gasteiger partial charge in [-0.1, -0.05) is 19.4 Å². The SMILES string of the molecule is CCC[C@H](O)[C@H](N)c1ccc2[nH]ccc2c1.Cl. The van der Waals surface area contributed by atoms with Gasteiger partial charge in [0.25, 0.3) is 0 Å². The Kier molecular flexibility index (Phi) is 5.00. The maximum Gasteiger partial charge on any atom is 0.0732 e. The lowest BCUT2D eigenvalue weighted by Crippen LogP contribution is -2.25. The zero-order chi connectivity index (χ0) is 11.5. The molecule has 1 aromatic carbocycles. The number of halogens is 1. The molecule has 2 rings (SSSR count). The molecule has 1 heterocycles. The smallest absolute Gasteiger partial charge is 0.0732 e. The van der Waals surface area contributed by atoms with E-state index in [1.165, 1.54) is 0 Å². The van der Waals surface area contributed by atoms with Gasteiger partial charge < -0.3 is 15.8 Å². The first-order valence-corrected chi connectivity index (χ1v) is 5.73. The van der Waals surface area contributed by atoms with Gasteiger partial charge in [0.05, 0.1) is 12.1 Å². The molecule has 0 aliphatic carbocycles. The molecule has 0 aliphatic heterocycles. The Morgan fingerprint density at radius 3 is 2.82 bits per heavy atom. The minimum Gasteiger partial charge on any atom is -0.391 e. The van der Waals surface area contributed by atoms with E-state index in [4.69, 9.17) is 5.73 Å². The molecule has 17 heavy (non-hydrogen) atoms. The Morgan fingerprint density at radius 2 is 2.12 bits per heavy atom. The Balaban J connectivity index is 0.00000144. The lowest BCUT2D eigenvalue weighted by Gasteiger charge is -2.18. The summed E-state index contributed by atoms with van der Waals surface area (Å²) in [5.74, 6) is 0. The molecule has 0 spiro atoms. The van der Waals surface area contributed by atoms with Crippen molar-refractivity contribution in [2.75, 3.05) is 0 Å². The molecule has 0 unspecified atom stereocenters. The van der Waals surface area contributed by atoms with E-state index in [1.807, 2.05) is 37.4 Å². The number of hydrogen-bond acceptors (Lipinski definition) is 2. The summed E-state index contributed by atoms with van der Waals surface area (Å²) >= 11 is 0. The number of aliphatic hydroxyl groups is 1. The van der Waals surface area contributed by atoms with Gasteiger partial charge in [-0.05, 0) is 35.6 Å². The summed E-state index contributed by atoms with van der Waals surface area (Å²) in [6.45, 7) is 2.05. The van der Waals surface area contributed by atoms with Crippen LogP contribution >= 0.6 is 12.4 Å². The fourth-order valence-electron chi connectivity index (χ4n) is 1.98. The van der Waals surface area contributed by atoms with Crippen LogP contribution in [0.3, 0.4) is 0 Å². The van der Waals surface area contributed by atoms with Crippen molar-refractivity contribution in [1.29, 1.82) is 0 Å². The number of nitrogens with two attached hydrogens (primary N) is 1. The van der Waals surface area contributed by atoms with Crippen LogP contribution in [0, 0.1) is 0 Å². The predicted octanol–water partition coefficient (Wildman–Crippen LogP) is 2.75. The van der Waals surface area contributed by atoms with Crippen molar-refractivity contribution in [1.82, 2.24) is 4.98 Å². The standard InChI is InChI=1S/C13H18N2O.ClH/c1-2-3-12(16)13(14)10-4-5-11-9(8-10)6-7-15-11;/h4-8,12-13,15-16H,2-3,14H2,1H3;1H/t12-,13+;/m0./s1. The summed E-state index contributed by atoms with van der Waals surface area (Å²) in [5.41, 5.74) is 8.12. The van der Waals surface area contributed by atoms with Gasteiger partial charge in [0.1, 0.15) is 0 Å². The average molecular weight is 255 g/mol. The average Bonchev–Trinajstić information content (AvgIpc) is 2.75. The lowest BCUT2D eigenvalue weighted by molar-refractivity contribution is 0.134. The third kappa shape index (κ3) is 3.00. The van der Waals surface area contributed by atoms with Crippen molar-refractivity contribution in [3.05, 3.63) is 36.0 Å². The second-order valence-corrected chi connectivity index (χ2v) is 4.21. The van der Waals surface area contributed by atoms with Crippen molar-refractivity contribution in [3.63, 3.8) is 0 Å². The Labute approximate surface area is 107 Å². The highest BCUT2D eigenvalue weighted by molar-refractivity contribution is 5.85. The minimum atomic E-state index is -0.457. The Hall–Kier alpha value is -1.03. The Bertz CT molecular complexity index is 469. The molecule has 2 atom stereocenters. The number of hydrogen-bond donors (Lipinski definition) is 3. The van der Waals surface area contributed by atoms with Crippen LogP contribution in [0.5, 0.6) is 0 Å². The molecule has 0 fully saturated rings. The second-order valence-electron chi connectivity index (χ2n) is 4.21. The van der Waals surface area contributed by atoms with Gasteiger partial charge in [0.2, 0.25) is 0 Å². The number of aliphatic hydroxyl groups excluding tert-OH is 1. The predicted molar refractivity (Wildman–Crippen MR) is 73.4 cm³/mol. The maximum atomic E-state index is 9.86. The van der Waals surface area contributed by atoms with Crippen LogP contribution in [0.2, 0.25) is 0 Å². The van der Waals surface area contributed by atoms with E-state index in [-0.39, 0.29) is 18.4 Å². The molecule has 3 nitrogen and oxygen atoms in total. The molecule has 0 amide bonds. The summed E-state index contributed by atoms with van der Waals surface area (Å²) < 4.78 is 0. The van der Waals surface area contributed by atoms with Crippen LogP contribution < -0.4 is 5.73 Å². The maximum absolute atomic E-state index is 9.86. The van der Waals surface area contributed by atoms with Crippen LogP contribution in [-0.2, 0) is 0 Å². The van der Waals surface area contributed by atoms with E-state index in [0.29, 0.717) is 0 Å². The largest absolute Gasteiger partial charge is 0.391 e. The molecular weight excluding hydrogens is 236 g/mol. The van der Waals surface area contributed by atoms with Gasteiger partial charge in [-0.2, -0.15) is 0 Å². The van der Waals surface area contributed by atoms with Crippen molar-refractivity contribution in [2.24, 2.45) is 5.73 Å². The molecule has 94 valence electrons. The zero-order valence-corrected chi connectivity index (χ0v) is 10.7. The summed E-state index contributed by atoms with van der Waals surface area (Å²) in [6.07, 6.45) is 3.14. The monoisotopic (exact) mass is 254 g/mol. The summed E-state index contributed by atoms with van der Waals surface area (Å²) in [7, 11) is 0. The van der Waals surface area contributed by atoms with E-state index < -0.39 is 6.10 Å². The van der Waals surface area contributed by atoms with Gasteiger partial charge in [-0.15, -0.1) is 12.4 Å². The van der Waals surface area contributed by atoms with Crippen molar-refractivity contribution >= 4 is 23.3 Å². The van der Waals surface area contributed by atoms with E-state index in [0.717, 1.165) is 29.3 Å². The van der Waals surface area contributed by atoms with Gasteiger partial charge >= 0.3 is 0 Å². The van der Waals surface area contributed by atoms with Crippen LogP contribution in [0.25, 0.3) is 10.9 Å². The molecule has 1 aromatic heterocycles. The fourth-order valence-corrected chi connectivity index (χ4v) is 1.98. The number of fused-ring (bicyclic) bond motifs is 1. The van der Waals surface area contributed by atoms with Gasteiger partial charge in [-0.3, -0.25) is 0 Å². The molecule has 0 radical (unpaired) electrons. The molecule has 0 aliphatic rings. The van der Waals surface area contributed by atoms with Gasteiger partial charge in [-0.25, -0.2) is 0 Å². The third-order valence-electron chi connectivity index (χ3n) is 2.96. The molecule has 0 saturated heterocycles. The summed E-state index contributed by atoms with van der Waals surface area (Å²) in [5, 5.41) is 11.0. The van der Waals surface area contributed by atoms with Crippen molar-refractivity contribution < 1.29 is 5.11 Å². The molecule has 4 heteroatoms. The number of nitrogens with one attached hydrogen (secondary N) is 1. The molecule has 0 bridgehead atoms. The molecular formula is C13H19ClN2O. The number of benzene rings is 1. The minimum absolute atomic E-state index is 0. The van der Waals surface area contributed by atoms with E-state index in [2.05, 4.69) is 4.98 Å². The summed E-state index contributed by atoms with van der Waals surface area (Å²) in [6, 6.07) is 7.73. The van der Waals surface area contributed by atoms with Crippen LogP contribution in [0.1, 0.15) is 31.4 Å². The number of H-pyrrole nitrogens is 1. The zero-order valence-electron chi connectivity index (χ0n) is 9.89. The third-order valence-corrected chi connectivity index (χ3v) is 2.96. The van der Waals surface area contributed by atoms with Gasteiger partial charge in [0, 0.05) is 11.7 Å². The highest BCUT2D eigenvalue weighted by atomic mass is 35.5. The van der Waals surface area contributed by atoms with Crippen LogP contribution in [-0.4, -0.2) is 16.2 Å². The highest BCUT2D eigenvalue weighted by Gasteiger charge is 2.15. The van der Waals surface area contributed by atoms with Gasteiger partial charge in [0.15, 0.2) is 0 Å². The molecule has 2 aromatic rings. The number of aromatic amines is 1. The van der Waals surface area contributed by atoms with Crippen LogP contribution in [0.15, 0.2) is 30.5 Å². The first-order valence-electron chi connectivity index (χ1n) is 5.73. The van der Waals surface area contributed by atoms with Crippen molar-refractivity contribution in [2.45, 2.75) is 31.9 Å². The molecule has 0 saturated carbocycles. The fraction of sp³-hybridized carbons (Fsp3) is 0.385.